The molecule has 9 atom stereocenters. The molecule has 1 aliphatic carbocycles. The van der Waals surface area contributed by atoms with Crippen molar-refractivity contribution in [2.24, 2.45) is 11.8 Å². The van der Waals surface area contributed by atoms with E-state index in [9.17, 15) is 40.2 Å². The lowest BCUT2D eigenvalue weighted by Crippen LogP contribution is -2.60. The summed E-state index contributed by atoms with van der Waals surface area (Å²) in [6.45, 7) is 0.227. The summed E-state index contributed by atoms with van der Waals surface area (Å²) in [6, 6.07) is 0. The van der Waals surface area contributed by atoms with Gasteiger partial charge in [-0.05, 0) is 5.57 Å². The van der Waals surface area contributed by atoms with E-state index >= 15 is 0 Å². The first-order chi connectivity index (χ1) is 14.1. The van der Waals surface area contributed by atoms with E-state index in [0.717, 1.165) is 13.2 Å². The highest BCUT2D eigenvalue weighted by molar-refractivity contribution is 5.87. The minimum absolute atomic E-state index is 0.222. The van der Waals surface area contributed by atoms with Gasteiger partial charge in [0.1, 0.15) is 31.0 Å². The maximum Gasteiger partial charge on any atom is 0.335 e. The van der Waals surface area contributed by atoms with E-state index in [1.807, 2.05) is 0 Å². The molecule has 0 radical (unpaired) electrons. The van der Waals surface area contributed by atoms with Crippen molar-refractivity contribution < 1.29 is 59.2 Å². The summed E-state index contributed by atoms with van der Waals surface area (Å²) in [7, 11) is 0. The fourth-order valence-electron chi connectivity index (χ4n) is 3.87. The number of fused-ring (bicyclic) bond motifs is 1. The minimum Gasteiger partial charge on any atom is -0.478 e. The number of carboxylic acid groups (broad SMARTS) is 1. The molecule has 168 valence electrons. The van der Waals surface area contributed by atoms with Gasteiger partial charge in [-0.2, -0.15) is 0 Å². The molecule has 0 saturated carbocycles. The van der Waals surface area contributed by atoms with E-state index in [1.54, 1.807) is 0 Å². The number of aliphatic carboxylic acids is 1. The quantitative estimate of drug-likeness (QED) is 0.187. The van der Waals surface area contributed by atoms with E-state index in [0.29, 0.717) is 0 Å². The standard InChI is InChI=1S/C18H24O12/c1-6(20)27-5-10-13(22)14(23)15(24)18(29-10)30-17-11-7(3-19)2-9(21)12(11)8(4-28-17)16(25)26/h2,4,9-15,17-19,21-24H,3,5H2,1H3,(H,25,26)/t9-,10-,11-,12+,13-,14+,15-,17+,18+/m1/s1. The number of aliphatic hydroxyl groups excluding tert-OH is 5. The van der Waals surface area contributed by atoms with Crippen molar-refractivity contribution in [1.82, 2.24) is 0 Å². The Morgan fingerprint density at radius 2 is 1.77 bits per heavy atom. The van der Waals surface area contributed by atoms with Crippen LogP contribution in [-0.2, 0) is 28.5 Å². The Labute approximate surface area is 170 Å². The second kappa shape index (κ2) is 8.98. The van der Waals surface area contributed by atoms with Gasteiger partial charge in [-0.1, -0.05) is 6.08 Å². The van der Waals surface area contributed by atoms with Crippen LogP contribution < -0.4 is 0 Å². The minimum atomic E-state index is -1.71. The topological polar surface area (TPSA) is 192 Å². The third-order valence-corrected chi connectivity index (χ3v) is 5.37. The molecule has 12 heteroatoms. The van der Waals surface area contributed by atoms with Crippen molar-refractivity contribution in [3.05, 3.63) is 23.5 Å². The summed E-state index contributed by atoms with van der Waals surface area (Å²) in [5.74, 6) is -3.85. The maximum atomic E-state index is 11.5. The Morgan fingerprint density at radius 1 is 1.07 bits per heavy atom. The molecule has 12 nitrogen and oxygen atoms in total. The molecular weight excluding hydrogens is 408 g/mol. The molecular formula is C18H24O12. The summed E-state index contributed by atoms with van der Waals surface area (Å²) in [6.07, 6.45) is -8.04. The summed E-state index contributed by atoms with van der Waals surface area (Å²) in [5, 5.41) is 59.6. The van der Waals surface area contributed by atoms with Crippen LogP contribution in [0, 0.1) is 11.8 Å². The summed E-state index contributed by atoms with van der Waals surface area (Å²) in [4.78, 5) is 22.5. The van der Waals surface area contributed by atoms with Gasteiger partial charge in [0.2, 0.25) is 6.29 Å². The number of carbonyl (C=O) groups is 2. The molecule has 0 spiro atoms. The normalized spacial score (nSPS) is 40.7. The largest absolute Gasteiger partial charge is 0.478 e. The second-order valence-corrected chi connectivity index (χ2v) is 7.28. The van der Waals surface area contributed by atoms with Crippen LogP contribution in [0.4, 0.5) is 0 Å². The number of hydrogen-bond acceptors (Lipinski definition) is 11. The summed E-state index contributed by atoms with van der Waals surface area (Å²) < 4.78 is 21.2. The number of carbonyl (C=O) groups excluding carboxylic acids is 1. The number of hydrogen-bond donors (Lipinski definition) is 6. The molecule has 0 aromatic rings. The smallest absolute Gasteiger partial charge is 0.335 e. The predicted molar refractivity (Wildman–Crippen MR) is 93.1 cm³/mol. The molecule has 3 rings (SSSR count). The summed E-state index contributed by atoms with van der Waals surface area (Å²) >= 11 is 0. The number of rotatable bonds is 6. The average Bonchev–Trinajstić information content (AvgIpc) is 3.04. The van der Waals surface area contributed by atoms with Gasteiger partial charge in [0.15, 0.2) is 6.29 Å². The Morgan fingerprint density at radius 3 is 2.37 bits per heavy atom. The third-order valence-electron chi connectivity index (χ3n) is 5.37. The van der Waals surface area contributed by atoms with Crippen LogP contribution in [0.3, 0.4) is 0 Å². The lowest BCUT2D eigenvalue weighted by Gasteiger charge is -2.43. The van der Waals surface area contributed by atoms with Gasteiger partial charge >= 0.3 is 11.9 Å². The molecule has 0 bridgehead atoms. The maximum absolute atomic E-state index is 11.5. The molecule has 0 aromatic heterocycles. The van der Waals surface area contributed by atoms with Crippen LogP contribution in [0.1, 0.15) is 6.92 Å². The summed E-state index contributed by atoms with van der Waals surface area (Å²) in [5.41, 5.74) is 0.0482. The van der Waals surface area contributed by atoms with Gasteiger partial charge in [-0.15, -0.1) is 0 Å². The number of carboxylic acids is 1. The van der Waals surface area contributed by atoms with Gasteiger partial charge in [0.25, 0.3) is 0 Å². The van der Waals surface area contributed by atoms with Gasteiger partial charge in [0.05, 0.1) is 30.5 Å². The van der Waals surface area contributed by atoms with E-state index < -0.39 is 80.1 Å². The lowest BCUT2D eigenvalue weighted by atomic mass is 9.82. The Bertz CT molecular complexity index is 733. The Hall–Kier alpha value is -2.06. The zero-order valence-electron chi connectivity index (χ0n) is 15.9. The zero-order chi connectivity index (χ0) is 22.2. The molecule has 0 unspecified atom stereocenters. The van der Waals surface area contributed by atoms with Gasteiger partial charge in [-0.25, -0.2) is 4.79 Å². The Kier molecular flexibility index (Phi) is 6.77. The fraction of sp³-hybridized carbons (Fsp3) is 0.667. The monoisotopic (exact) mass is 432 g/mol. The number of esters is 1. The molecule has 3 aliphatic rings. The first-order valence-electron chi connectivity index (χ1n) is 9.22. The highest BCUT2D eigenvalue weighted by Gasteiger charge is 2.52. The van der Waals surface area contributed by atoms with Crippen molar-refractivity contribution in [2.75, 3.05) is 13.2 Å². The van der Waals surface area contributed by atoms with Crippen LogP contribution in [0.25, 0.3) is 0 Å². The SMILES string of the molecule is CC(=O)OC[C@H]1O[C@@H](O[C@@H]2OC=C(C(=O)O)[C@@H]3[C@H]2C(CO)=C[C@H]3O)[C@H](O)[C@@H](O)[C@@H]1O. The van der Waals surface area contributed by atoms with Gasteiger partial charge in [0, 0.05) is 12.8 Å². The van der Waals surface area contributed by atoms with Crippen molar-refractivity contribution >= 4 is 11.9 Å². The van der Waals surface area contributed by atoms with Crippen molar-refractivity contribution in [2.45, 2.75) is 50.0 Å². The Balaban J connectivity index is 1.80. The van der Waals surface area contributed by atoms with Crippen LogP contribution in [0.2, 0.25) is 0 Å². The molecule has 2 aliphatic heterocycles. The third kappa shape index (κ3) is 4.21. The van der Waals surface area contributed by atoms with Crippen LogP contribution in [0.15, 0.2) is 23.5 Å². The lowest BCUT2D eigenvalue weighted by molar-refractivity contribution is -0.340. The molecule has 1 fully saturated rings. The van der Waals surface area contributed by atoms with E-state index in [2.05, 4.69) is 0 Å². The second-order valence-electron chi connectivity index (χ2n) is 7.28. The molecule has 2 heterocycles. The van der Waals surface area contributed by atoms with Crippen LogP contribution in [-0.4, -0.2) is 98.9 Å². The van der Waals surface area contributed by atoms with Crippen molar-refractivity contribution in [3.63, 3.8) is 0 Å². The number of aliphatic hydroxyl groups is 5. The van der Waals surface area contributed by atoms with Gasteiger partial charge < -0.3 is 49.6 Å². The molecule has 1 saturated heterocycles. The number of ether oxygens (including phenoxy) is 4. The first-order valence-corrected chi connectivity index (χ1v) is 9.22. The zero-order valence-corrected chi connectivity index (χ0v) is 15.9. The predicted octanol–water partition coefficient (Wildman–Crippen LogP) is -2.78. The molecule has 30 heavy (non-hydrogen) atoms. The van der Waals surface area contributed by atoms with E-state index in [1.165, 1.54) is 6.08 Å². The molecule has 0 amide bonds. The van der Waals surface area contributed by atoms with Crippen molar-refractivity contribution in [3.8, 4) is 0 Å². The van der Waals surface area contributed by atoms with Crippen LogP contribution >= 0.6 is 0 Å². The van der Waals surface area contributed by atoms with Gasteiger partial charge in [-0.3, -0.25) is 4.79 Å². The van der Waals surface area contributed by atoms with Crippen molar-refractivity contribution in [1.29, 1.82) is 0 Å². The highest BCUT2D eigenvalue weighted by atomic mass is 16.8. The highest BCUT2D eigenvalue weighted by Crippen LogP contribution is 2.44. The van der Waals surface area contributed by atoms with E-state index in [-0.39, 0.29) is 11.1 Å². The van der Waals surface area contributed by atoms with E-state index in [4.69, 9.17) is 18.9 Å². The average molecular weight is 432 g/mol. The first kappa shape index (κ1) is 22.6. The van der Waals surface area contributed by atoms with Crippen LogP contribution in [0.5, 0.6) is 0 Å². The molecule has 0 aromatic carbocycles. The molecule has 6 N–H and O–H groups in total. The fourth-order valence-corrected chi connectivity index (χ4v) is 3.87.